The van der Waals surface area contributed by atoms with Crippen LogP contribution in [0.15, 0.2) is 24.3 Å². The van der Waals surface area contributed by atoms with Crippen LogP contribution in [0.5, 0.6) is 0 Å². The van der Waals surface area contributed by atoms with E-state index in [4.69, 9.17) is 5.73 Å². The SMILES string of the molecule is NC1(C(=O)NC2CCN(c3ccccc3F)C2=O)CCCC1. The molecule has 1 aliphatic heterocycles. The molecule has 3 rings (SSSR count). The lowest BCUT2D eigenvalue weighted by Gasteiger charge is -2.24. The van der Waals surface area contributed by atoms with E-state index in [-0.39, 0.29) is 17.5 Å². The van der Waals surface area contributed by atoms with Gasteiger partial charge in [-0.05, 0) is 31.4 Å². The number of rotatable bonds is 3. The van der Waals surface area contributed by atoms with E-state index in [1.807, 2.05) is 0 Å². The minimum absolute atomic E-state index is 0.257. The number of para-hydroxylation sites is 1. The highest BCUT2D eigenvalue weighted by atomic mass is 19.1. The van der Waals surface area contributed by atoms with Crippen molar-refractivity contribution in [3.05, 3.63) is 30.1 Å². The maximum atomic E-state index is 13.8. The second-order valence-corrected chi connectivity index (χ2v) is 6.12. The summed E-state index contributed by atoms with van der Waals surface area (Å²) in [6.07, 6.45) is 3.64. The monoisotopic (exact) mass is 305 g/mol. The zero-order valence-electron chi connectivity index (χ0n) is 12.3. The predicted octanol–water partition coefficient (Wildman–Crippen LogP) is 1.32. The van der Waals surface area contributed by atoms with Crippen molar-refractivity contribution < 1.29 is 14.0 Å². The highest BCUT2D eigenvalue weighted by Gasteiger charge is 2.41. The Kier molecular flexibility index (Phi) is 3.87. The fraction of sp³-hybridized carbons (Fsp3) is 0.500. The minimum atomic E-state index is -0.855. The summed E-state index contributed by atoms with van der Waals surface area (Å²) in [7, 11) is 0. The molecule has 1 atom stereocenters. The summed E-state index contributed by atoms with van der Waals surface area (Å²) in [5, 5.41) is 2.75. The number of nitrogens with zero attached hydrogens (tertiary/aromatic N) is 1. The predicted molar refractivity (Wildman–Crippen MR) is 80.7 cm³/mol. The summed E-state index contributed by atoms with van der Waals surface area (Å²) in [5.41, 5.74) is 5.50. The van der Waals surface area contributed by atoms with Crippen molar-refractivity contribution >= 4 is 17.5 Å². The van der Waals surface area contributed by atoms with E-state index in [1.54, 1.807) is 18.2 Å². The van der Waals surface area contributed by atoms with Crippen LogP contribution in [0.1, 0.15) is 32.1 Å². The molecule has 0 spiro atoms. The number of amides is 2. The van der Waals surface area contributed by atoms with E-state index in [1.165, 1.54) is 11.0 Å². The van der Waals surface area contributed by atoms with E-state index in [2.05, 4.69) is 5.32 Å². The van der Waals surface area contributed by atoms with Crippen LogP contribution in [-0.4, -0.2) is 29.9 Å². The molecular formula is C16H20FN3O2. The lowest BCUT2D eigenvalue weighted by molar-refractivity contribution is -0.130. The number of carbonyl (C=O) groups excluding carboxylic acids is 2. The van der Waals surface area contributed by atoms with Gasteiger partial charge in [0, 0.05) is 6.54 Å². The molecule has 2 amide bonds. The summed E-state index contributed by atoms with van der Waals surface area (Å²) < 4.78 is 13.8. The molecule has 0 aromatic heterocycles. The molecule has 2 fully saturated rings. The third-order valence-corrected chi connectivity index (χ3v) is 4.60. The third-order valence-electron chi connectivity index (χ3n) is 4.60. The summed E-state index contributed by atoms with van der Waals surface area (Å²) in [4.78, 5) is 26.1. The van der Waals surface area contributed by atoms with Gasteiger partial charge < -0.3 is 16.0 Å². The molecule has 1 saturated heterocycles. The molecule has 1 unspecified atom stereocenters. The molecule has 0 bridgehead atoms. The largest absolute Gasteiger partial charge is 0.343 e. The van der Waals surface area contributed by atoms with E-state index in [0.29, 0.717) is 25.8 Å². The second kappa shape index (κ2) is 5.68. The molecule has 1 aliphatic carbocycles. The number of hydrogen-bond donors (Lipinski definition) is 2. The van der Waals surface area contributed by atoms with Gasteiger partial charge >= 0.3 is 0 Å². The van der Waals surface area contributed by atoms with Crippen LogP contribution in [0.2, 0.25) is 0 Å². The topological polar surface area (TPSA) is 75.4 Å². The first-order chi connectivity index (χ1) is 10.5. The molecule has 3 N–H and O–H groups in total. The van der Waals surface area contributed by atoms with Gasteiger partial charge in [-0.3, -0.25) is 9.59 Å². The molecule has 118 valence electrons. The first kappa shape index (κ1) is 15.0. The van der Waals surface area contributed by atoms with Crippen molar-refractivity contribution in [2.75, 3.05) is 11.4 Å². The quantitative estimate of drug-likeness (QED) is 0.884. The number of nitrogens with two attached hydrogens (primary N) is 1. The average Bonchev–Trinajstić information content (AvgIpc) is 3.09. The zero-order valence-corrected chi connectivity index (χ0v) is 12.3. The van der Waals surface area contributed by atoms with E-state index in [0.717, 1.165) is 12.8 Å². The summed E-state index contributed by atoms with van der Waals surface area (Å²) in [6.45, 7) is 0.391. The number of halogens is 1. The Balaban J connectivity index is 1.69. The highest BCUT2D eigenvalue weighted by Crippen LogP contribution is 2.29. The Bertz CT molecular complexity index is 599. The van der Waals surface area contributed by atoms with Crippen LogP contribution in [0.25, 0.3) is 0 Å². The van der Waals surface area contributed by atoms with Crippen molar-refractivity contribution in [3.63, 3.8) is 0 Å². The van der Waals surface area contributed by atoms with Crippen LogP contribution < -0.4 is 16.0 Å². The average molecular weight is 305 g/mol. The molecule has 6 heteroatoms. The Hall–Kier alpha value is -1.95. The second-order valence-electron chi connectivity index (χ2n) is 6.12. The Morgan fingerprint density at radius 1 is 1.32 bits per heavy atom. The first-order valence-corrected chi connectivity index (χ1v) is 7.67. The van der Waals surface area contributed by atoms with Gasteiger partial charge in [-0.2, -0.15) is 0 Å². The maximum absolute atomic E-state index is 13.8. The fourth-order valence-electron chi connectivity index (χ4n) is 3.26. The Morgan fingerprint density at radius 2 is 2.00 bits per heavy atom. The van der Waals surface area contributed by atoms with Gasteiger partial charge in [0.1, 0.15) is 11.9 Å². The van der Waals surface area contributed by atoms with Crippen molar-refractivity contribution in [1.29, 1.82) is 0 Å². The zero-order chi connectivity index (χ0) is 15.7. The van der Waals surface area contributed by atoms with E-state index >= 15 is 0 Å². The van der Waals surface area contributed by atoms with Gasteiger partial charge in [-0.15, -0.1) is 0 Å². The molecule has 22 heavy (non-hydrogen) atoms. The summed E-state index contributed by atoms with van der Waals surface area (Å²) in [5.74, 6) is -0.979. The smallest absolute Gasteiger partial charge is 0.249 e. The normalized spacial score (nSPS) is 23.8. The van der Waals surface area contributed by atoms with E-state index in [9.17, 15) is 14.0 Å². The number of benzene rings is 1. The van der Waals surface area contributed by atoms with Crippen LogP contribution in [0.3, 0.4) is 0 Å². The van der Waals surface area contributed by atoms with Crippen molar-refractivity contribution in [1.82, 2.24) is 5.32 Å². The molecule has 0 radical (unpaired) electrons. The molecule has 2 aliphatic rings. The van der Waals surface area contributed by atoms with E-state index < -0.39 is 17.4 Å². The lowest BCUT2D eigenvalue weighted by atomic mass is 9.97. The van der Waals surface area contributed by atoms with Crippen LogP contribution in [-0.2, 0) is 9.59 Å². The van der Waals surface area contributed by atoms with Crippen LogP contribution in [0.4, 0.5) is 10.1 Å². The van der Waals surface area contributed by atoms with Crippen LogP contribution in [0, 0.1) is 5.82 Å². The number of hydrogen-bond acceptors (Lipinski definition) is 3. The highest BCUT2D eigenvalue weighted by molar-refractivity contribution is 6.02. The lowest BCUT2D eigenvalue weighted by Crippen LogP contribution is -2.55. The molecular weight excluding hydrogens is 285 g/mol. The molecule has 1 aromatic carbocycles. The number of carbonyl (C=O) groups is 2. The summed E-state index contributed by atoms with van der Waals surface area (Å²) in [6, 6.07) is 5.54. The van der Waals surface area contributed by atoms with Gasteiger partial charge in [0.05, 0.1) is 11.2 Å². The van der Waals surface area contributed by atoms with Gasteiger partial charge in [-0.1, -0.05) is 25.0 Å². The number of anilines is 1. The first-order valence-electron chi connectivity index (χ1n) is 7.67. The Labute approximate surface area is 128 Å². The minimum Gasteiger partial charge on any atom is -0.343 e. The standard InChI is InChI=1S/C16H20FN3O2/c17-11-5-1-2-6-13(11)20-10-7-12(14(20)21)19-15(22)16(18)8-3-4-9-16/h1-2,5-6,12H,3-4,7-10,18H2,(H,19,22). The third kappa shape index (κ3) is 2.59. The van der Waals surface area contributed by atoms with Gasteiger partial charge in [0.15, 0.2) is 0 Å². The Morgan fingerprint density at radius 3 is 2.68 bits per heavy atom. The van der Waals surface area contributed by atoms with Gasteiger partial charge in [0.2, 0.25) is 11.8 Å². The molecule has 1 heterocycles. The summed E-state index contributed by atoms with van der Waals surface area (Å²) >= 11 is 0. The van der Waals surface area contributed by atoms with Gasteiger partial charge in [-0.25, -0.2) is 4.39 Å². The van der Waals surface area contributed by atoms with Gasteiger partial charge in [0.25, 0.3) is 0 Å². The fourth-order valence-corrected chi connectivity index (χ4v) is 3.26. The maximum Gasteiger partial charge on any atom is 0.249 e. The van der Waals surface area contributed by atoms with Crippen molar-refractivity contribution in [3.8, 4) is 0 Å². The van der Waals surface area contributed by atoms with Crippen LogP contribution >= 0.6 is 0 Å². The number of nitrogens with one attached hydrogen (secondary N) is 1. The van der Waals surface area contributed by atoms with Crippen molar-refractivity contribution in [2.24, 2.45) is 5.73 Å². The molecule has 5 nitrogen and oxygen atoms in total. The van der Waals surface area contributed by atoms with Crippen molar-refractivity contribution in [2.45, 2.75) is 43.7 Å². The molecule has 1 aromatic rings. The molecule has 1 saturated carbocycles.